The summed E-state index contributed by atoms with van der Waals surface area (Å²) in [6.07, 6.45) is 6.06. The number of likely N-dealkylation sites (tertiary alicyclic amines) is 1. The van der Waals surface area contributed by atoms with Crippen LogP contribution in [0.1, 0.15) is 24.0 Å². The Morgan fingerprint density at radius 1 is 1.17 bits per heavy atom. The molecule has 1 amide bonds. The number of nitrogens with one attached hydrogen (secondary N) is 2. The topological polar surface area (TPSA) is 60.5 Å². The number of hydrazine groups is 1. The summed E-state index contributed by atoms with van der Waals surface area (Å²) in [4.78, 5) is 21.7. The Morgan fingerprint density at radius 2 is 1.97 bits per heavy atom. The van der Waals surface area contributed by atoms with Gasteiger partial charge in [0, 0.05) is 51.7 Å². The summed E-state index contributed by atoms with van der Waals surface area (Å²) >= 11 is 0. The van der Waals surface area contributed by atoms with Gasteiger partial charge in [-0.1, -0.05) is 30.3 Å². The van der Waals surface area contributed by atoms with Crippen molar-refractivity contribution in [3.05, 3.63) is 66.0 Å². The quantitative estimate of drug-likeness (QED) is 0.787. The molecule has 2 saturated heterocycles. The van der Waals surface area contributed by atoms with Gasteiger partial charge in [-0.3, -0.25) is 25.5 Å². The van der Waals surface area contributed by atoms with Crippen LogP contribution in [-0.4, -0.2) is 53.4 Å². The van der Waals surface area contributed by atoms with Crippen LogP contribution in [0.5, 0.6) is 0 Å². The third-order valence-corrected chi connectivity index (χ3v) is 6.19. The first kappa shape index (κ1) is 20.0. The van der Waals surface area contributed by atoms with Crippen LogP contribution in [0.2, 0.25) is 0 Å². The summed E-state index contributed by atoms with van der Waals surface area (Å²) in [5.74, 6) is 0.678. The third kappa shape index (κ3) is 5.01. The molecule has 4 rings (SSSR count). The maximum absolute atomic E-state index is 13.2. The minimum Gasteiger partial charge on any atom is -0.341 e. The van der Waals surface area contributed by atoms with Crippen LogP contribution in [-0.2, 0) is 17.9 Å². The van der Waals surface area contributed by atoms with Crippen molar-refractivity contribution < 1.29 is 4.79 Å². The van der Waals surface area contributed by atoms with Crippen LogP contribution < -0.4 is 10.9 Å². The van der Waals surface area contributed by atoms with Gasteiger partial charge in [-0.15, -0.1) is 0 Å². The summed E-state index contributed by atoms with van der Waals surface area (Å²) in [6, 6.07) is 14.6. The number of benzene rings is 1. The third-order valence-electron chi connectivity index (χ3n) is 6.19. The van der Waals surface area contributed by atoms with E-state index in [0.29, 0.717) is 19.0 Å². The fraction of sp³-hybridized carbons (Fsp3) is 0.478. The lowest BCUT2D eigenvalue weighted by Gasteiger charge is -2.37. The summed E-state index contributed by atoms with van der Waals surface area (Å²) in [5.41, 5.74) is 9.15. The molecule has 1 aromatic heterocycles. The van der Waals surface area contributed by atoms with E-state index < -0.39 is 0 Å². The molecule has 6 nitrogen and oxygen atoms in total. The van der Waals surface area contributed by atoms with Crippen molar-refractivity contribution in [3.8, 4) is 0 Å². The zero-order valence-corrected chi connectivity index (χ0v) is 17.1. The maximum atomic E-state index is 13.2. The molecular weight excluding hydrogens is 362 g/mol. The Balaban J connectivity index is 1.37. The molecule has 0 spiro atoms. The molecule has 3 heterocycles. The van der Waals surface area contributed by atoms with E-state index in [2.05, 4.69) is 45.0 Å². The zero-order chi connectivity index (χ0) is 20.1. The standard InChI is InChI=1S/C23H31N5O/c1-27(15-18-6-3-2-4-7-18)23(29)21-14-25-26-22(21)20-8-5-13-28(17-20)16-19-9-11-24-12-10-19/h2-4,6-7,9-12,20-22,25-26H,5,8,13-17H2,1H3. The summed E-state index contributed by atoms with van der Waals surface area (Å²) in [5, 5.41) is 0. The number of carbonyl (C=O) groups is 1. The van der Waals surface area contributed by atoms with Crippen molar-refractivity contribution in [1.29, 1.82) is 0 Å². The average molecular weight is 394 g/mol. The predicted molar refractivity (Wildman–Crippen MR) is 114 cm³/mol. The lowest BCUT2D eigenvalue weighted by Crippen LogP contribution is -2.49. The van der Waals surface area contributed by atoms with Gasteiger partial charge in [0.1, 0.15) is 0 Å². The number of hydrogen-bond acceptors (Lipinski definition) is 5. The van der Waals surface area contributed by atoms with Crippen LogP contribution in [0.3, 0.4) is 0 Å². The SMILES string of the molecule is CN(Cc1ccccc1)C(=O)C1CNNC1C1CCCN(Cc2ccncc2)C1. The summed E-state index contributed by atoms with van der Waals surface area (Å²) < 4.78 is 0. The summed E-state index contributed by atoms with van der Waals surface area (Å²) in [7, 11) is 1.92. The molecule has 2 aliphatic rings. The average Bonchev–Trinajstić information content (AvgIpc) is 3.25. The Morgan fingerprint density at radius 3 is 2.76 bits per heavy atom. The minimum absolute atomic E-state index is 0.0189. The lowest BCUT2D eigenvalue weighted by atomic mass is 9.83. The molecule has 29 heavy (non-hydrogen) atoms. The summed E-state index contributed by atoms with van der Waals surface area (Å²) in [6.45, 7) is 4.44. The molecule has 0 aliphatic carbocycles. The molecule has 2 aromatic rings. The predicted octanol–water partition coefficient (Wildman–Crippen LogP) is 2.04. The fourth-order valence-electron chi connectivity index (χ4n) is 4.69. The fourth-order valence-corrected chi connectivity index (χ4v) is 4.69. The van der Waals surface area contributed by atoms with Gasteiger partial charge in [0.25, 0.3) is 0 Å². The molecule has 3 unspecified atom stereocenters. The number of piperidine rings is 1. The van der Waals surface area contributed by atoms with Crippen LogP contribution in [0.15, 0.2) is 54.9 Å². The van der Waals surface area contributed by atoms with E-state index in [9.17, 15) is 4.79 Å². The van der Waals surface area contributed by atoms with Gasteiger partial charge in [-0.05, 0) is 48.6 Å². The smallest absolute Gasteiger partial charge is 0.228 e. The van der Waals surface area contributed by atoms with Crippen molar-refractivity contribution in [2.45, 2.75) is 32.0 Å². The number of hydrogen-bond donors (Lipinski definition) is 2. The monoisotopic (exact) mass is 393 g/mol. The first-order valence-electron chi connectivity index (χ1n) is 10.6. The largest absolute Gasteiger partial charge is 0.341 e. The number of nitrogens with zero attached hydrogens (tertiary/aromatic N) is 3. The van der Waals surface area contributed by atoms with Crippen LogP contribution >= 0.6 is 0 Å². The van der Waals surface area contributed by atoms with E-state index in [4.69, 9.17) is 0 Å². The molecule has 2 fully saturated rings. The Kier molecular flexibility index (Phi) is 6.54. The van der Waals surface area contributed by atoms with E-state index >= 15 is 0 Å². The van der Waals surface area contributed by atoms with Gasteiger partial charge < -0.3 is 4.90 Å². The normalized spacial score (nSPS) is 25.1. The van der Waals surface area contributed by atoms with E-state index in [1.54, 1.807) is 0 Å². The molecule has 6 heteroatoms. The van der Waals surface area contributed by atoms with Crippen molar-refractivity contribution in [2.24, 2.45) is 11.8 Å². The molecule has 3 atom stereocenters. The van der Waals surface area contributed by atoms with Crippen molar-refractivity contribution >= 4 is 5.91 Å². The highest BCUT2D eigenvalue weighted by Crippen LogP contribution is 2.27. The number of aromatic nitrogens is 1. The van der Waals surface area contributed by atoms with Crippen molar-refractivity contribution in [1.82, 2.24) is 25.6 Å². The number of amides is 1. The molecule has 2 N–H and O–H groups in total. The van der Waals surface area contributed by atoms with Gasteiger partial charge in [-0.25, -0.2) is 0 Å². The molecule has 0 saturated carbocycles. The second-order valence-corrected chi connectivity index (χ2v) is 8.33. The molecule has 154 valence electrons. The van der Waals surface area contributed by atoms with E-state index in [0.717, 1.165) is 19.6 Å². The van der Waals surface area contributed by atoms with Crippen LogP contribution in [0.25, 0.3) is 0 Å². The zero-order valence-electron chi connectivity index (χ0n) is 17.1. The number of pyridine rings is 1. The highest BCUT2D eigenvalue weighted by molar-refractivity contribution is 5.80. The molecular formula is C23H31N5O. The van der Waals surface area contributed by atoms with Crippen molar-refractivity contribution in [2.75, 3.05) is 26.7 Å². The molecule has 2 aliphatic heterocycles. The Hall–Kier alpha value is -2.28. The van der Waals surface area contributed by atoms with Crippen LogP contribution in [0, 0.1) is 11.8 Å². The maximum Gasteiger partial charge on any atom is 0.228 e. The lowest BCUT2D eigenvalue weighted by molar-refractivity contribution is -0.135. The highest BCUT2D eigenvalue weighted by Gasteiger charge is 2.40. The second-order valence-electron chi connectivity index (χ2n) is 8.33. The van der Waals surface area contributed by atoms with E-state index in [1.165, 1.54) is 24.0 Å². The van der Waals surface area contributed by atoms with E-state index in [-0.39, 0.29) is 17.9 Å². The Labute approximate surface area is 173 Å². The number of carbonyl (C=O) groups excluding carboxylic acids is 1. The number of rotatable bonds is 6. The molecule has 0 bridgehead atoms. The van der Waals surface area contributed by atoms with Crippen LogP contribution in [0.4, 0.5) is 0 Å². The first-order valence-corrected chi connectivity index (χ1v) is 10.6. The van der Waals surface area contributed by atoms with Gasteiger partial charge in [-0.2, -0.15) is 0 Å². The second kappa shape index (κ2) is 9.48. The van der Waals surface area contributed by atoms with Gasteiger partial charge >= 0.3 is 0 Å². The highest BCUT2D eigenvalue weighted by atomic mass is 16.2. The van der Waals surface area contributed by atoms with Gasteiger partial charge in [0.2, 0.25) is 5.91 Å². The Bertz CT molecular complexity index is 784. The van der Waals surface area contributed by atoms with Crippen molar-refractivity contribution in [3.63, 3.8) is 0 Å². The van der Waals surface area contributed by atoms with Gasteiger partial charge in [0.05, 0.1) is 5.92 Å². The van der Waals surface area contributed by atoms with Gasteiger partial charge in [0.15, 0.2) is 0 Å². The minimum atomic E-state index is -0.0189. The first-order chi connectivity index (χ1) is 14.2. The van der Waals surface area contributed by atoms with E-state index in [1.807, 2.05) is 42.5 Å². The molecule has 1 aromatic carbocycles. The molecule has 0 radical (unpaired) electrons.